The molecule has 0 aliphatic carbocycles. The van der Waals surface area contributed by atoms with E-state index in [1.807, 2.05) is 59.6 Å². The number of pyridine rings is 1. The second-order valence-corrected chi connectivity index (χ2v) is 7.13. The molecule has 2 aromatic heterocycles. The molecular formula is C22H22N4O2S. The first-order valence-corrected chi connectivity index (χ1v) is 9.95. The maximum absolute atomic E-state index is 12.2. The van der Waals surface area contributed by atoms with Crippen molar-refractivity contribution in [3.63, 3.8) is 0 Å². The molecule has 1 aliphatic heterocycles. The zero-order chi connectivity index (χ0) is 20.2. The minimum absolute atomic E-state index is 0.0875. The van der Waals surface area contributed by atoms with Gasteiger partial charge in [0.2, 0.25) is 0 Å². The number of hydrogen-bond acceptors (Lipinski definition) is 4. The van der Waals surface area contributed by atoms with Crippen LogP contribution < -0.4 is 5.32 Å². The van der Waals surface area contributed by atoms with Crippen LogP contribution in [0.4, 0.5) is 0 Å². The van der Waals surface area contributed by atoms with E-state index in [1.54, 1.807) is 13.1 Å². The molecule has 0 unspecified atom stereocenters. The van der Waals surface area contributed by atoms with Crippen LogP contribution in [-0.2, 0) is 9.53 Å². The lowest BCUT2D eigenvalue weighted by Gasteiger charge is -2.26. The van der Waals surface area contributed by atoms with E-state index in [0.717, 1.165) is 16.9 Å². The molecule has 1 N–H and O–H groups in total. The zero-order valence-electron chi connectivity index (χ0n) is 16.1. The van der Waals surface area contributed by atoms with Crippen molar-refractivity contribution in [3.8, 4) is 5.69 Å². The quantitative estimate of drug-likeness (QED) is 0.500. The van der Waals surface area contributed by atoms with Crippen molar-refractivity contribution in [1.29, 1.82) is 0 Å². The number of rotatable bonds is 6. The van der Waals surface area contributed by atoms with Crippen molar-refractivity contribution < 1.29 is 9.53 Å². The van der Waals surface area contributed by atoms with Crippen LogP contribution in [-0.4, -0.2) is 38.7 Å². The van der Waals surface area contributed by atoms with Crippen LogP contribution in [0.25, 0.3) is 5.69 Å². The fourth-order valence-corrected chi connectivity index (χ4v) is 3.94. The Morgan fingerprint density at radius 2 is 1.97 bits per heavy atom. The van der Waals surface area contributed by atoms with Crippen molar-refractivity contribution in [1.82, 2.24) is 19.8 Å². The molecular weight excluding hydrogens is 384 g/mol. The largest absolute Gasteiger partial charge is 0.465 e. The third-order valence-corrected chi connectivity index (χ3v) is 5.27. The minimum Gasteiger partial charge on any atom is -0.465 e. The van der Waals surface area contributed by atoms with Crippen molar-refractivity contribution in [2.45, 2.75) is 19.0 Å². The van der Waals surface area contributed by atoms with Gasteiger partial charge in [0.1, 0.15) is 6.54 Å². The maximum Gasteiger partial charge on any atom is 0.325 e. The maximum atomic E-state index is 12.2. The van der Waals surface area contributed by atoms with E-state index in [1.165, 1.54) is 0 Å². The zero-order valence-corrected chi connectivity index (χ0v) is 16.9. The van der Waals surface area contributed by atoms with Crippen molar-refractivity contribution in [3.05, 3.63) is 84.4 Å². The number of nitrogens with one attached hydrogen (secondary N) is 1. The lowest BCUT2D eigenvalue weighted by Crippen LogP contribution is -2.35. The fraction of sp³-hybridized carbons (Fsp3) is 0.227. The summed E-state index contributed by atoms with van der Waals surface area (Å²) in [4.78, 5) is 18.6. The Balaban J connectivity index is 1.70. The summed E-state index contributed by atoms with van der Waals surface area (Å²) in [5.74, 6) is -0.300. The summed E-state index contributed by atoms with van der Waals surface area (Å²) in [5.41, 5.74) is 2.98. The van der Waals surface area contributed by atoms with E-state index >= 15 is 0 Å². The molecule has 4 rings (SSSR count). The number of hydrogen-bond donors (Lipinski definition) is 1. The Bertz CT molecular complexity index is 990. The summed E-state index contributed by atoms with van der Waals surface area (Å²) in [7, 11) is 0. The standard InChI is InChI=1S/C22H22N4O2S/c1-2-28-19(27)15-26-21(20(24-22(26)29)18-10-6-7-12-23-18)16-11-13-25(14-16)17-8-4-3-5-9-17/h3-14,20-21H,2,15H2,1H3,(H,24,29)/t20-,21+/m0/s1. The average Bonchev–Trinajstić information content (AvgIpc) is 3.35. The molecule has 1 aliphatic rings. The highest BCUT2D eigenvalue weighted by molar-refractivity contribution is 7.80. The van der Waals surface area contributed by atoms with Gasteiger partial charge in [0.05, 0.1) is 24.4 Å². The third-order valence-electron chi connectivity index (χ3n) is 4.91. The number of para-hydroxylation sites is 1. The second kappa shape index (κ2) is 8.45. The van der Waals surface area contributed by atoms with E-state index < -0.39 is 0 Å². The van der Waals surface area contributed by atoms with Crippen LogP contribution in [0.3, 0.4) is 0 Å². The number of carbonyl (C=O) groups excluding carboxylic acids is 1. The van der Waals surface area contributed by atoms with Crippen LogP contribution in [0, 0.1) is 0 Å². The smallest absolute Gasteiger partial charge is 0.325 e. The molecule has 1 fully saturated rings. The van der Waals surface area contributed by atoms with Gasteiger partial charge in [0, 0.05) is 24.3 Å². The van der Waals surface area contributed by atoms with E-state index in [2.05, 4.69) is 27.1 Å². The van der Waals surface area contributed by atoms with Crippen molar-refractivity contribution in [2.24, 2.45) is 0 Å². The van der Waals surface area contributed by atoms with Crippen molar-refractivity contribution >= 4 is 23.3 Å². The van der Waals surface area contributed by atoms with Crippen LogP contribution in [0.5, 0.6) is 0 Å². The van der Waals surface area contributed by atoms with Gasteiger partial charge in [0.25, 0.3) is 0 Å². The molecule has 3 heterocycles. The normalized spacial score (nSPS) is 18.5. The summed E-state index contributed by atoms with van der Waals surface area (Å²) < 4.78 is 7.23. The number of thiocarbonyl (C=S) groups is 1. The third kappa shape index (κ3) is 4.00. The molecule has 7 heteroatoms. The summed E-state index contributed by atoms with van der Waals surface area (Å²) in [6.07, 6.45) is 5.86. The molecule has 1 aromatic carbocycles. The Hall–Kier alpha value is -3.19. The molecule has 0 radical (unpaired) electrons. The number of ether oxygens (including phenoxy) is 1. The Kier molecular flexibility index (Phi) is 5.57. The highest BCUT2D eigenvalue weighted by Crippen LogP contribution is 2.38. The predicted molar refractivity (Wildman–Crippen MR) is 115 cm³/mol. The number of benzene rings is 1. The number of nitrogens with zero attached hydrogens (tertiary/aromatic N) is 3. The van der Waals surface area contributed by atoms with Gasteiger partial charge in [-0.3, -0.25) is 9.78 Å². The first kappa shape index (κ1) is 19.1. The van der Waals surface area contributed by atoms with Gasteiger partial charge in [0.15, 0.2) is 5.11 Å². The van der Waals surface area contributed by atoms with Crippen LogP contribution in [0.1, 0.15) is 30.3 Å². The highest BCUT2D eigenvalue weighted by Gasteiger charge is 2.41. The van der Waals surface area contributed by atoms with Gasteiger partial charge in [-0.05, 0) is 55.0 Å². The molecule has 2 atom stereocenters. The second-order valence-electron chi connectivity index (χ2n) is 6.75. The molecule has 0 saturated carbocycles. The van der Waals surface area contributed by atoms with Crippen molar-refractivity contribution in [2.75, 3.05) is 13.2 Å². The molecule has 29 heavy (non-hydrogen) atoms. The topological polar surface area (TPSA) is 59.4 Å². The average molecular weight is 407 g/mol. The summed E-state index contributed by atoms with van der Waals surface area (Å²) in [6, 6.07) is 17.6. The molecule has 1 saturated heterocycles. The van der Waals surface area contributed by atoms with Gasteiger partial charge in [-0.15, -0.1) is 0 Å². The lowest BCUT2D eigenvalue weighted by molar-refractivity contribution is -0.143. The molecule has 148 valence electrons. The SMILES string of the molecule is CCOC(=O)CN1C(=S)N[C@@H](c2ccccn2)[C@H]1c1ccn(-c2ccccc2)c1. The van der Waals surface area contributed by atoms with Gasteiger partial charge < -0.3 is 19.5 Å². The summed E-state index contributed by atoms with van der Waals surface area (Å²) in [6.45, 7) is 2.22. The van der Waals surface area contributed by atoms with E-state index in [4.69, 9.17) is 17.0 Å². The minimum atomic E-state index is -0.300. The van der Waals surface area contributed by atoms with E-state index in [-0.39, 0.29) is 24.6 Å². The lowest BCUT2D eigenvalue weighted by atomic mass is 9.99. The number of aromatic nitrogens is 2. The molecule has 3 aromatic rings. The van der Waals surface area contributed by atoms with Crippen LogP contribution >= 0.6 is 12.2 Å². The Morgan fingerprint density at radius 3 is 2.69 bits per heavy atom. The molecule has 6 nitrogen and oxygen atoms in total. The summed E-state index contributed by atoms with van der Waals surface area (Å²) >= 11 is 5.57. The summed E-state index contributed by atoms with van der Waals surface area (Å²) in [5, 5.41) is 3.86. The van der Waals surface area contributed by atoms with Gasteiger partial charge in [-0.25, -0.2) is 0 Å². The first-order chi connectivity index (χ1) is 14.2. The monoisotopic (exact) mass is 406 g/mol. The molecule has 0 bridgehead atoms. The van der Waals surface area contributed by atoms with Gasteiger partial charge >= 0.3 is 5.97 Å². The van der Waals surface area contributed by atoms with Gasteiger partial charge in [-0.1, -0.05) is 24.3 Å². The van der Waals surface area contributed by atoms with E-state index in [9.17, 15) is 4.79 Å². The molecule has 0 amide bonds. The Labute approximate surface area is 175 Å². The van der Waals surface area contributed by atoms with Gasteiger partial charge in [-0.2, -0.15) is 0 Å². The van der Waals surface area contributed by atoms with Crippen LogP contribution in [0.15, 0.2) is 73.2 Å². The highest BCUT2D eigenvalue weighted by atomic mass is 32.1. The first-order valence-electron chi connectivity index (χ1n) is 9.54. The molecule has 0 spiro atoms. The van der Waals surface area contributed by atoms with E-state index in [0.29, 0.717) is 11.7 Å². The number of carbonyl (C=O) groups is 1. The number of esters is 1. The fourth-order valence-electron chi connectivity index (χ4n) is 3.63. The Morgan fingerprint density at radius 1 is 1.17 bits per heavy atom. The predicted octanol–water partition coefficient (Wildman–Crippen LogP) is 3.41. The van der Waals surface area contributed by atoms with Crippen LogP contribution in [0.2, 0.25) is 0 Å².